The van der Waals surface area contributed by atoms with Gasteiger partial charge in [-0.05, 0) is 45.4 Å². The molecule has 2 nitrogen and oxygen atoms in total. The van der Waals surface area contributed by atoms with Gasteiger partial charge in [0.25, 0.3) is 0 Å². The molecular weight excluding hydrogens is 174 g/mol. The number of rotatable bonds is 5. The van der Waals surface area contributed by atoms with Crippen LogP contribution in [0.4, 0.5) is 0 Å². The molecule has 84 valence electrons. The predicted octanol–water partition coefficient (Wildman–Crippen LogP) is 2.31. The van der Waals surface area contributed by atoms with Gasteiger partial charge in [0.2, 0.25) is 0 Å². The first kappa shape index (κ1) is 12.0. The van der Waals surface area contributed by atoms with Crippen molar-refractivity contribution in [3.8, 4) is 0 Å². The summed E-state index contributed by atoms with van der Waals surface area (Å²) in [4.78, 5) is 0. The van der Waals surface area contributed by atoms with Crippen LogP contribution < -0.4 is 5.32 Å². The molecule has 0 bridgehead atoms. The van der Waals surface area contributed by atoms with Crippen molar-refractivity contribution in [2.45, 2.75) is 71.1 Å². The lowest BCUT2D eigenvalue weighted by atomic mass is 10.0. The quantitative estimate of drug-likeness (QED) is 0.712. The summed E-state index contributed by atoms with van der Waals surface area (Å²) in [6.45, 7) is 6.32. The zero-order chi connectivity index (χ0) is 10.6. The van der Waals surface area contributed by atoms with Crippen LogP contribution in [0.3, 0.4) is 0 Å². The second kappa shape index (κ2) is 5.72. The van der Waals surface area contributed by atoms with E-state index >= 15 is 0 Å². The minimum absolute atomic E-state index is 0.180. The van der Waals surface area contributed by atoms with E-state index in [2.05, 4.69) is 19.2 Å². The molecule has 0 radical (unpaired) electrons. The van der Waals surface area contributed by atoms with Crippen molar-refractivity contribution in [1.29, 1.82) is 0 Å². The van der Waals surface area contributed by atoms with E-state index < -0.39 is 0 Å². The van der Waals surface area contributed by atoms with Crippen LogP contribution in [0.15, 0.2) is 0 Å². The Morgan fingerprint density at radius 1 is 1.36 bits per heavy atom. The van der Waals surface area contributed by atoms with Crippen LogP contribution in [-0.4, -0.2) is 23.3 Å². The third-order valence-electron chi connectivity index (χ3n) is 3.33. The van der Waals surface area contributed by atoms with E-state index in [0.717, 1.165) is 12.3 Å². The molecule has 0 aliphatic heterocycles. The number of aliphatic hydroxyl groups is 1. The van der Waals surface area contributed by atoms with Gasteiger partial charge < -0.3 is 10.4 Å². The van der Waals surface area contributed by atoms with Gasteiger partial charge in [-0.3, -0.25) is 0 Å². The first-order valence-corrected chi connectivity index (χ1v) is 6.06. The van der Waals surface area contributed by atoms with E-state index in [-0.39, 0.29) is 6.10 Å². The van der Waals surface area contributed by atoms with Crippen molar-refractivity contribution < 1.29 is 5.11 Å². The van der Waals surface area contributed by atoms with Crippen LogP contribution in [-0.2, 0) is 0 Å². The minimum Gasteiger partial charge on any atom is -0.393 e. The Balaban J connectivity index is 2.18. The maximum absolute atomic E-state index is 9.25. The smallest absolute Gasteiger partial charge is 0.0526 e. The van der Waals surface area contributed by atoms with Crippen LogP contribution >= 0.6 is 0 Å². The normalized spacial score (nSPS) is 31.7. The van der Waals surface area contributed by atoms with Crippen LogP contribution in [0.25, 0.3) is 0 Å². The van der Waals surface area contributed by atoms with Crippen molar-refractivity contribution in [2.24, 2.45) is 5.92 Å². The summed E-state index contributed by atoms with van der Waals surface area (Å²) in [7, 11) is 0. The summed E-state index contributed by atoms with van der Waals surface area (Å²) in [6, 6.07) is 1.16. The third-order valence-corrected chi connectivity index (χ3v) is 3.33. The van der Waals surface area contributed by atoms with Gasteiger partial charge in [0.1, 0.15) is 0 Å². The van der Waals surface area contributed by atoms with Gasteiger partial charge in [0.15, 0.2) is 0 Å². The van der Waals surface area contributed by atoms with Crippen molar-refractivity contribution in [3.05, 3.63) is 0 Å². The molecule has 0 aromatic heterocycles. The van der Waals surface area contributed by atoms with E-state index in [1.165, 1.54) is 25.7 Å². The Kier molecular flexibility index (Phi) is 4.90. The van der Waals surface area contributed by atoms with Crippen LogP contribution in [0.2, 0.25) is 0 Å². The van der Waals surface area contributed by atoms with Gasteiger partial charge in [-0.15, -0.1) is 0 Å². The maximum atomic E-state index is 9.25. The number of hydrogen-bond acceptors (Lipinski definition) is 2. The number of hydrogen-bond donors (Lipinski definition) is 2. The highest BCUT2D eigenvalue weighted by atomic mass is 16.3. The molecule has 0 heterocycles. The van der Waals surface area contributed by atoms with Gasteiger partial charge in [-0.1, -0.05) is 13.3 Å². The Hall–Kier alpha value is -0.0800. The number of aliphatic hydroxyl groups excluding tert-OH is 1. The molecule has 1 saturated carbocycles. The van der Waals surface area contributed by atoms with Crippen molar-refractivity contribution in [1.82, 2.24) is 5.32 Å². The lowest BCUT2D eigenvalue weighted by molar-refractivity contribution is 0.167. The fourth-order valence-corrected chi connectivity index (χ4v) is 2.58. The molecule has 1 fully saturated rings. The van der Waals surface area contributed by atoms with Crippen molar-refractivity contribution >= 4 is 0 Å². The van der Waals surface area contributed by atoms with Gasteiger partial charge in [-0.25, -0.2) is 0 Å². The molecule has 0 spiro atoms. The summed E-state index contributed by atoms with van der Waals surface area (Å²) in [6.07, 6.45) is 6.05. The fourth-order valence-electron chi connectivity index (χ4n) is 2.58. The van der Waals surface area contributed by atoms with E-state index in [0.29, 0.717) is 12.1 Å². The molecule has 2 heteroatoms. The van der Waals surface area contributed by atoms with Crippen LogP contribution in [0, 0.1) is 5.92 Å². The average molecular weight is 199 g/mol. The molecule has 0 saturated heterocycles. The number of nitrogens with one attached hydrogen (secondary N) is 1. The molecule has 1 rings (SSSR count). The highest BCUT2D eigenvalue weighted by molar-refractivity contribution is 4.82. The molecule has 4 atom stereocenters. The summed E-state index contributed by atoms with van der Waals surface area (Å²) >= 11 is 0. The van der Waals surface area contributed by atoms with E-state index in [1.807, 2.05) is 6.92 Å². The first-order valence-electron chi connectivity index (χ1n) is 6.06. The molecule has 2 N–H and O–H groups in total. The molecule has 0 amide bonds. The minimum atomic E-state index is -0.180. The predicted molar refractivity (Wildman–Crippen MR) is 60.3 cm³/mol. The first-order chi connectivity index (χ1) is 6.61. The zero-order valence-corrected chi connectivity index (χ0v) is 9.79. The molecular formula is C12H25NO. The van der Waals surface area contributed by atoms with Gasteiger partial charge >= 0.3 is 0 Å². The van der Waals surface area contributed by atoms with Crippen molar-refractivity contribution in [2.75, 3.05) is 0 Å². The Labute approximate surface area is 88.1 Å². The second-order valence-corrected chi connectivity index (χ2v) is 4.94. The Morgan fingerprint density at radius 3 is 2.57 bits per heavy atom. The van der Waals surface area contributed by atoms with Gasteiger partial charge in [0.05, 0.1) is 6.10 Å². The SMILES string of the molecule is CCC1CCC(NC(C)CC(C)O)C1. The zero-order valence-electron chi connectivity index (χ0n) is 9.79. The summed E-state index contributed by atoms with van der Waals surface area (Å²) in [5, 5.41) is 12.9. The fraction of sp³-hybridized carbons (Fsp3) is 1.00. The van der Waals surface area contributed by atoms with E-state index in [4.69, 9.17) is 0 Å². The van der Waals surface area contributed by atoms with Crippen LogP contribution in [0.5, 0.6) is 0 Å². The maximum Gasteiger partial charge on any atom is 0.0526 e. The lowest BCUT2D eigenvalue weighted by Gasteiger charge is -2.20. The molecule has 1 aliphatic carbocycles. The second-order valence-electron chi connectivity index (χ2n) is 4.94. The lowest BCUT2D eigenvalue weighted by Crippen LogP contribution is -2.36. The van der Waals surface area contributed by atoms with E-state index in [1.54, 1.807) is 0 Å². The Morgan fingerprint density at radius 2 is 2.07 bits per heavy atom. The molecule has 1 aliphatic rings. The summed E-state index contributed by atoms with van der Waals surface area (Å²) < 4.78 is 0. The highest BCUT2D eigenvalue weighted by Gasteiger charge is 2.24. The molecule has 0 aromatic rings. The molecule has 4 unspecified atom stereocenters. The summed E-state index contributed by atoms with van der Waals surface area (Å²) in [5.74, 6) is 0.936. The van der Waals surface area contributed by atoms with E-state index in [9.17, 15) is 5.11 Å². The van der Waals surface area contributed by atoms with Gasteiger partial charge in [0, 0.05) is 12.1 Å². The third kappa shape index (κ3) is 3.97. The molecule has 14 heavy (non-hydrogen) atoms. The van der Waals surface area contributed by atoms with Crippen LogP contribution in [0.1, 0.15) is 52.9 Å². The van der Waals surface area contributed by atoms with Gasteiger partial charge in [-0.2, -0.15) is 0 Å². The Bertz CT molecular complexity index is 158. The van der Waals surface area contributed by atoms with Crippen molar-refractivity contribution in [3.63, 3.8) is 0 Å². The summed E-state index contributed by atoms with van der Waals surface area (Å²) in [5.41, 5.74) is 0. The average Bonchev–Trinajstić information content (AvgIpc) is 2.50. The standard InChI is InChI=1S/C12H25NO/c1-4-11-5-6-12(8-11)13-9(2)7-10(3)14/h9-14H,4-8H2,1-3H3. The topological polar surface area (TPSA) is 32.3 Å². The monoisotopic (exact) mass is 199 g/mol. The largest absolute Gasteiger partial charge is 0.393 e. The molecule has 0 aromatic carbocycles. The highest BCUT2D eigenvalue weighted by Crippen LogP contribution is 2.28.